The van der Waals surface area contributed by atoms with Gasteiger partial charge in [-0.3, -0.25) is 14.4 Å². The fraction of sp³-hybridized carbons (Fsp3) is 0.500. The van der Waals surface area contributed by atoms with E-state index in [4.69, 9.17) is 0 Å². The van der Waals surface area contributed by atoms with Gasteiger partial charge in [-0.1, -0.05) is 12.1 Å². The fourth-order valence-electron chi connectivity index (χ4n) is 3.62. The molecular formula is C20H27FN4O. The minimum atomic E-state index is -0.197. The maximum atomic E-state index is 13.3. The molecule has 6 heteroatoms. The van der Waals surface area contributed by atoms with Crippen LogP contribution in [0.1, 0.15) is 28.9 Å². The van der Waals surface area contributed by atoms with Crippen LogP contribution < -0.4 is 0 Å². The summed E-state index contributed by atoms with van der Waals surface area (Å²) in [5.74, 6) is 0.00959. The number of benzene rings is 1. The minimum Gasteiger partial charge on any atom is -0.340 e. The summed E-state index contributed by atoms with van der Waals surface area (Å²) in [5, 5.41) is 4.42. The molecule has 2 heterocycles. The molecule has 0 saturated carbocycles. The van der Waals surface area contributed by atoms with Crippen molar-refractivity contribution < 1.29 is 9.18 Å². The van der Waals surface area contributed by atoms with Gasteiger partial charge in [-0.05, 0) is 43.5 Å². The van der Waals surface area contributed by atoms with Gasteiger partial charge in [-0.25, -0.2) is 4.39 Å². The lowest BCUT2D eigenvalue weighted by Crippen LogP contribution is -2.48. The van der Waals surface area contributed by atoms with E-state index in [1.165, 1.54) is 11.6 Å². The Morgan fingerprint density at radius 3 is 2.54 bits per heavy atom. The molecule has 1 fully saturated rings. The Bertz CT molecular complexity index is 778. The average molecular weight is 358 g/mol. The number of rotatable bonds is 5. The highest BCUT2D eigenvalue weighted by atomic mass is 19.1. The van der Waals surface area contributed by atoms with Crippen molar-refractivity contribution in [3.05, 3.63) is 52.6 Å². The van der Waals surface area contributed by atoms with Crippen LogP contribution in [-0.4, -0.2) is 51.7 Å². The summed E-state index contributed by atoms with van der Waals surface area (Å²) in [6, 6.07) is 6.73. The Kier molecular flexibility index (Phi) is 5.71. The topological polar surface area (TPSA) is 41.4 Å². The second-order valence-electron chi connectivity index (χ2n) is 7.06. The van der Waals surface area contributed by atoms with Crippen LogP contribution in [0.5, 0.6) is 0 Å². The zero-order valence-electron chi connectivity index (χ0n) is 15.8. The first-order valence-corrected chi connectivity index (χ1v) is 9.17. The number of hydrogen-bond donors (Lipinski definition) is 0. The average Bonchev–Trinajstić information content (AvgIpc) is 2.85. The second kappa shape index (κ2) is 7.99. The Labute approximate surface area is 154 Å². The van der Waals surface area contributed by atoms with E-state index in [1.54, 1.807) is 12.1 Å². The standard InChI is InChI=1S/C20H27FN4O/c1-15-19(16(2)23(3)22-15)7-8-20(26)25-11-9-24(10-12-25)14-17-5-4-6-18(21)13-17/h4-6,13H,7-12,14H2,1-3H3. The van der Waals surface area contributed by atoms with E-state index in [0.29, 0.717) is 6.42 Å². The minimum absolute atomic E-state index is 0.197. The second-order valence-corrected chi connectivity index (χ2v) is 7.06. The van der Waals surface area contributed by atoms with Gasteiger partial charge in [-0.15, -0.1) is 0 Å². The molecule has 0 spiro atoms. The lowest BCUT2D eigenvalue weighted by atomic mass is 10.1. The Balaban J connectivity index is 1.47. The molecule has 1 aliphatic rings. The van der Waals surface area contributed by atoms with Gasteiger partial charge in [0.15, 0.2) is 0 Å². The van der Waals surface area contributed by atoms with Crippen molar-refractivity contribution in [3.63, 3.8) is 0 Å². The van der Waals surface area contributed by atoms with Crippen LogP contribution in [0.25, 0.3) is 0 Å². The Morgan fingerprint density at radius 1 is 1.19 bits per heavy atom. The highest BCUT2D eigenvalue weighted by Gasteiger charge is 2.21. The normalized spacial score (nSPS) is 15.5. The molecule has 1 saturated heterocycles. The molecule has 0 unspecified atom stereocenters. The maximum absolute atomic E-state index is 13.3. The SMILES string of the molecule is Cc1nn(C)c(C)c1CCC(=O)N1CCN(Cc2cccc(F)c2)CC1. The number of piperazine rings is 1. The van der Waals surface area contributed by atoms with Crippen LogP contribution in [-0.2, 0) is 24.8 Å². The van der Waals surface area contributed by atoms with Crippen molar-refractivity contribution in [2.45, 2.75) is 33.2 Å². The molecular weight excluding hydrogens is 331 g/mol. The van der Waals surface area contributed by atoms with Crippen LogP contribution in [0.15, 0.2) is 24.3 Å². The molecule has 0 atom stereocenters. The van der Waals surface area contributed by atoms with E-state index in [1.807, 2.05) is 36.5 Å². The lowest BCUT2D eigenvalue weighted by molar-refractivity contribution is -0.133. The summed E-state index contributed by atoms with van der Waals surface area (Å²) in [4.78, 5) is 16.8. The third-order valence-electron chi connectivity index (χ3n) is 5.27. The van der Waals surface area contributed by atoms with Gasteiger partial charge in [0.2, 0.25) is 5.91 Å². The summed E-state index contributed by atoms with van der Waals surface area (Å²) in [6.07, 6.45) is 1.27. The number of halogens is 1. The molecule has 140 valence electrons. The predicted octanol–water partition coefficient (Wildman–Crippen LogP) is 2.45. The molecule has 1 aromatic heterocycles. The van der Waals surface area contributed by atoms with E-state index in [2.05, 4.69) is 10.00 Å². The van der Waals surface area contributed by atoms with Gasteiger partial charge in [0, 0.05) is 51.9 Å². The first kappa shape index (κ1) is 18.6. The van der Waals surface area contributed by atoms with E-state index >= 15 is 0 Å². The molecule has 0 N–H and O–H groups in total. The van der Waals surface area contributed by atoms with E-state index < -0.39 is 0 Å². The number of hydrogen-bond acceptors (Lipinski definition) is 3. The molecule has 1 amide bonds. The first-order valence-electron chi connectivity index (χ1n) is 9.17. The summed E-state index contributed by atoms with van der Waals surface area (Å²) in [5.41, 5.74) is 4.31. The molecule has 0 bridgehead atoms. The molecule has 1 aromatic carbocycles. The van der Waals surface area contributed by atoms with Crippen molar-refractivity contribution in [1.82, 2.24) is 19.6 Å². The molecule has 0 aliphatic carbocycles. The molecule has 3 rings (SSSR count). The molecule has 26 heavy (non-hydrogen) atoms. The number of carbonyl (C=O) groups is 1. The number of carbonyl (C=O) groups excluding carboxylic acids is 1. The lowest BCUT2D eigenvalue weighted by Gasteiger charge is -2.34. The summed E-state index contributed by atoms with van der Waals surface area (Å²) >= 11 is 0. The monoisotopic (exact) mass is 358 g/mol. The van der Waals surface area contributed by atoms with Gasteiger partial charge < -0.3 is 4.90 Å². The summed E-state index contributed by atoms with van der Waals surface area (Å²) < 4.78 is 15.2. The smallest absolute Gasteiger partial charge is 0.222 e. The fourth-order valence-corrected chi connectivity index (χ4v) is 3.62. The van der Waals surface area contributed by atoms with E-state index in [9.17, 15) is 9.18 Å². The zero-order chi connectivity index (χ0) is 18.7. The van der Waals surface area contributed by atoms with Gasteiger partial charge >= 0.3 is 0 Å². The number of aromatic nitrogens is 2. The van der Waals surface area contributed by atoms with Crippen molar-refractivity contribution in [2.24, 2.45) is 7.05 Å². The molecule has 2 aromatic rings. The van der Waals surface area contributed by atoms with E-state index in [-0.39, 0.29) is 11.7 Å². The van der Waals surface area contributed by atoms with Crippen molar-refractivity contribution in [2.75, 3.05) is 26.2 Å². The summed E-state index contributed by atoms with van der Waals surface area (Å²) in [7, 11) is 1.94. The quantitative estimate of drug-likeness (QED) is 0.824. The van der Waals surface area contributed by atoms with Gasteiger partial charge in [0.1, 0.15) is 5.82 Å². The highest BCUT2D eigenvalue weighted by Crippen LogP contribution is 2.16. The molecule has 0 radical (unpaired) electrons. The van der Waals surface area contributed by atoms with E-state index in [0.717, 1.165) is 56.1 Å². The largest absolute Gasteiger partial charge is 0.340 e. The zero-order valence-corrected chi connectivity index (χ0v) is 15.8. The predicted molar refractivity (Wildman–Crippen MR) is 99.3 cm³/mol. The van der Waals surface area contributed by atoms with Crippen LogP contribution in [0.2, 0.25) is 0 Å². The van der Waals surface area contributed by atoms with Crippen LogP contribution in [0.3, 0.4) is 0 Å². The number of nitrogens with zero attached hydrogens (tertiary/aromatic N) is 4. The van der Waals surface area contributed by atoms with Crippen LogP contribution in [0.4, 0.5) is 4.39 Å². The third-order valence-corrected chi connectivity index (χ3v) is 5.27. The third kappa shape index (κ3) is 4.30. The Hall–Kier alpha value is -2.21. The van der Waals surface area contributed by atoms with Crippen LogP contribution >= 0.6 is 0 Å². The van der Waals surface area contributed by atoms with Crippen molar-refractivity contribution in [3.8, 4) is 0 Å². The molecule has 5 nitrogen and oxygen atoms in total. The number of amides is 1. The number of aryl methyl sites for hydroxylation is 2. The maximum Gasteiger partial charge on any atom is 0.222 e. The molecule has 1 aliphatic heterocycles. The van der Waals surface area contributed by atoms with Gasteiger partial charge in [0.05, 0.1) is 5.69 Å². The van der Waals surface area contributed by atoms with Gasteiger partial charge in [-0.2, -0.15) is 5.10 Å². The van der Waals surface area contributed by atoms with Crippen LogP contribution in [0, 0.1) is 19.7 Å². The van der Waals surface area contributed by atoms with Crippen molar-refractivity contribution in [1.29, 1.82) is 0 Å². The first-order chi connectivity index (χ1) is 12.4. The van der Waals surface area contributed by atoms with Crippen molar-refractivity contribution >= 4 is 5.91 Å². The summed E-state index contributed by atoms with van der Waals surface area (Å²) in [6.45, 7) is 7.90. The Morgan fingerprint density at radius 2 is 1.92 bits per heavy atom. The highest BCUT2D eigenvalue weighted by molar-refractivity contribution is 5.76. The van der Waals surface area contributed by atoms with Gasteiger partial charge in [0.25, 0.3) is 0 Å².